The summed E-state index contributed by atoms with van der Waals surface area (Å²) >= 11 is 0. The van der Waals surface area contributed by atoms with Gasteiger partial charge in [-0.15, -0.1) is 0 Å². The van der Waals surface area contributed by atoms with Crippen LogP contribution in [-0.2, 0) is 11.2 Å². The molecule has 1 aromatic heterocycles. The Kier molecular flexibility index (Phi) is 4.53. The number of hydrogen-bond donors (Lipinski definition) is 2. The highest BCUT2D eigenvalue weighted by atomic mass is 16.5. The van der Waals surface area contributed by atoms with Gasteiger partial charge in [0.1, 0.15) is 11.9 Å². The monoisotopic (exact) mass is 274 g/mol. The number of H-pyrrole nitrogens is 1. The normalized spacial score (nSPS) is 12.3. The molecule has 2 rings (SSSR count). The maximum absolute atomic E-state index is 11.9. The van der Waals surface area contributed by atoms with E-state index in [9.17, 15) is 9.90 Å². The van der Waals surface area contributed by atoms with E-state index in [4.69, 9.17) is 4.74 Å². The number of ether oxygens (including phenoxy) is 1. The number of nitrogens with zero attached hydrogens (tertiary/aromatic N) is 1. The Balaban J connectivity index is 2.48. The van der Waals surface area contributed by atoms with Gasteiger partial charge in [0.05, 0.1) is 5.56 Å². The standard InChI is InChI=1S/C15H18N2O3/c1-3-11-14(18)16-13(17-15(11)19)12(20-4-2)10-8-6-5-7-9-10/h5-9,12H,3-4H2,1-2H3,(H2,16,17,18,19). The van der Waals surface area contributed by atoms with Gasteiger partial charge in [0, 0.05) is 6.61 Å². The molecule has 5 nitrogen and oxygen atoms in total. The minimum Gasteiger partial charge on any atom is -0.493 e. The van der Waals surface area contributed by atoms with Gasteiger partial charge >= 0.3 is 0 Å². The second-order valence-corrected chi connectivity index (χ2v) is 4.35. The SMILES string of the molecule is CCOC(c1ccccc1)c1nc(O)c(CC)c(=O)[nH]1. The fourth-order valence-electron chi connectivity index (χ4n) is 2.07. The second-order valence-electron chi connectivity index (χ2n) is 4.35. The van der Waals surface area contributed by atoms with Gasteiger partial charge in [-0.1, -0.05) is 37.3 Å². The van der Waals surface area contributed by atoms with E-state index in [1.165, 1.54) is 0 Å². The molecule has 0 bridgehead atoms. The number of aromatic hydroxyl groups is 1. The number of aromatic nitrogens is 2. The molecular formula is C15H18N2O3. The van der Waals surface area contributed by atoms with E-state index in [1.807, 2.05) is 37.3 Å². The molecule has 2 aromatic rings. The first-order chi connectivity index (χ1) is 9.67. The molecule has 0 amide bonds. The van der Waals surface area contributed by atoms with Gasteiger partial charge in [-0.25, -0.2) is 0 Å². The predicted octanol–water partition coefficient (Wildman–Crippen LogP) is 2.16. The number of rotatable bonds is 5. The molecule has 5 heteroatoms. The Bertz CT molecular complexity index is 623. The zero-order chi connectivity index (χ0) is 14.5. The highest BCUT2D eigenvalue weighted by Gasteiger charge is 2.19. The van der Waals surface area contributed by atoms with Crippen LogP contribution in [0.4, 0.5) is 0 Å². The first-order valence-corrected chi connectivity index (χ1v) is 6.66. The molecule has 20 heavy (non-hydrogen) atoms. The van der Waals surface area contributed by atoms with E-state index in [0.717, 1.165) is 5.56 Å². The molecule has 1 unspecified atom stereocenters. The smallest absolute Gasteiger partial charge is 0.258 e. The number of nitrogens with one attached hydrogen (secondary N) is 1. The van der Waals surface area contributed by atoms with Crippen LogP contribution >= 0.6 is 0 Å². The van der Waals surface area contributed by atoms with Gasteiger partial charge < -0.3 is 14.8 Å². The van der Waals surface area contributed by atoms with Crippen molar-refractivity contribution in [1.82, 2.24) is 9.97 Å². The molecule has 0 aliphatic carbocycles. The summed E-state index contributed by atoms with van der Waals surface area (Å²) in [5.41, 5.74) is 0.842. The molecular weight excluding hydrogens is 256 g/mol. The third-order valence-corrected chi connectivity index (χ3v) is 3.05. The Labute approximate surface area is 117 Å². The van der Waals surface area contributed by atoms with Crippen molar-refractivity contribution in [3.8, 4) is 5.88 Å². The average Bonchev–Trinajstić information content (AvgIpc) is 2.45. The highest BCUT2D eigenvalue weighted by molar-refractivity contribution is 5.27. The summed E-state index contributed by atoms with van der Waals surface area (Å²) < 4.78 is 5.65. The van der Waals surface area contributed by atoms with Crippen LogP contribution in [0.1, 0.15) is 36.9 Å². The highest BCUT2D eigenvalue weighted by Crippen LogP contribution is 2.24. The molecule has 1 aromatic carbocycles. The Morgan fingerprint density at radius 3 is 2.55 bits per heavy atom. The first kappa shape index (κ1) is 14.3. The zero-order valence-corrected chi connectivity index (χ0v) is 11.6. The lowest BCUT2D eigenvalue weighted by Gasteiger charge is -2.17. The summed E-state index contributed by atoms with van der Waals surface area (Å²) in [6.45, 7) is 4.14. The van der Waals surface area contributed by atoms with Crippen molar-refractivity contribution in [2.24, 2.45) is 0 Å². The lowest BCUT2D eigenvalue weighted by Crippen LogP contribution is -2.20. The van der Waals surface area contributed by atoms with Crippen LogP contribution in [0.2, 0.25) is 0 Å². The van der Waals surface area contributed by atoms with Crippen molar-refractivity contribution in [1.29, 1.82) is 0 Å². The van der Waals surface area contributed by atoms with E-state index >= 15 is 0 Å². The molecule has 0 aliphatic heterocycles. The van der Waals surface area contributed by atoms with Crippen molar-refractivity contribution >= 4 is 0 Å². The predicted molar refractivity (Wildman–Crippen MR) is 75.8 cm³/mol. The van der Waals surface area contributed by atoms with Crippen molar-refractivity contribution in [2.75, 3.05) is 6.61 Å². The minimum absolute atomic E-state index is 0.230. The van der Waals surface area contributed by atoms with Crippen LogP contribution in [0.5, 0.6) is 5.88 Å². The van der Waals surface area contributed by atoms with Crippen LogP contribution in [0.25, 0.3) is 0 Å². The maximum atomic E-state index is 11.9. The largest absolute Gasteiger partial charge is 0.493 e. The summed E-state index contributed by atoms with van der Waals surface area (Å²) in [4.78, 5) is 18.7. The number of hydrogen-bond acceptors (Lipinski definition) is 4. The van der Waals surface area contributed by atoms with E-state index in [1.54, 1.807) is 6.92 Å². The molecule has 2 N–H and O–H groups in total. The Hall–Kier alpha value is -2.14. The van der Waals surface area contributed by atoms with Crippen molar-refractivity contribution in [3.05, 3.63) is 57.6 Å². The van der Waals surface area contributed by atoms with Gasteiger partial charge in [-0.3, -0.25) is 4.79 Å². The lowest BCUT2D eigenvalue weighted by atomic mass is 10.1. The van der Waals surface area contributed by atoms with Crippen molar-refractivity contribution in [3.63, 3.8) is 0 Å². The quantitative estimate of drug-likeness (QED) is 0.876. The van der Waals surface area contributed by atoms with Crippen LogP contribution < -0.4 is 5.56 Å². The molecule has 0 fully saturated rings. The third-order valence-electron chi connectivity index (χ3n) is 3.05. The van der Waals surface area contributed by atoms with Gasteiger partial charge in [0.15, 0.2) is 0 Å². The average molecular weight is 274 g/mol. The Morgan fingerprint density at radius 2 is 2.00 bits per heavy atom. The van der Waals surface area contributed by atoms with Gasteiger partial charge in [-0.2, -0.15) is 4.98 Å². The molecule has 0 aliphatic rings. The summed E-state index contributed by atoms with van der Waals surface area (Å²) in [6, 6.07) is 9.47. The summed E-state index contributed by atoms with van der Waals surface area (Å²) in [5.74, 6) is 0.0876. The maximum Gasteiger partial charge on any atom is 0.258 e. The topological polar surface area (TPSA) is 75.2 Å². The van der Waals surface area contributed by atoms with Crippen LogP contribution in [0.3, 0.4) is 0 Å². The fourth-order valence-corrected chi connectivity index (χ4v) is 2.07. The Morgan fingerprint density at radius 1 is 1.30 bits per heavy atom. The number of benzene rings is 1. The molecule has 0 spiro atoms. The summed E-state index contributed by atoms with van der Waals surface area (Å²) in [7, 11) is 0. The zero-order valence-electron chi connectivity index (χ0n) is 11.6. The fraction of sp³-hybridized carbons (Fsp3) is 0.333. The molecule has 0 radical (unpaired) electrons. The first-order valence-electron chi connectivity index (χ1n) is 6.66. The third kappa shape index (κ3) is 2.88. The van der Waals surface area contributed by atoms with E-state index in [2.05, 4.69) is 9.97 Å². The van der Waals surface area contributed by atoms with Crippen LogP contribution in [-0.4, -0.2) is 21.7 Å². The minimum atomic E-state index is -0.495. The van der Waals surface area contributed by atoms with Gasteiger partial charge in [0.2, 0.25) is 5.88 Å². The molecule has 1 atom stereocenters. The van der Waals surface area contributed by atoms with Gasteiger partial charge in [0.25, 0.3) is 5.56 Å². The molecule has 0 saturated carbocycles. The molecule has 1 heterocycles. The molecule has 106 valence electrons. The summed E-state index contributed by atoms with van der Waals surface area (Å²) in [5, 5.41) is 9.85. The van der Waals surface area contributed by atoms with E-state index in [-0.39, 0.29) is 17.0 Å². The lowest BCUT2D eigenvalue weighted by molar-refractivity contribution is 0.0843. The van der Waals surface area contributed by atoms with E-state index < -0.39 is 6.10 Å². The van der Waals surface area contributed by atoms with Crippen LogP contribution in [0.15, 0.2) is 35.1 Å². The second kappa shape index (κ2) is 6.34. The summed E-state index contributed by atoms with van der Waals surface area (Å²) in [6.07, 6.45) is -0.0651. The van der Waals surface area contributed by atoms with Gasteiger partial charge in [-0.05, 0) is 18.9 Å². The van der Waals surface area contributed by atoms with Crippen molar-refractivity contribution in [2.45, 2.75) is 26.4 Å². The van der Waals surface area contributed by atoms with E-state index in [0.29, 0.717) is 18.9 Å². The molecule has 0 saturated heterocycles. The van der Waals surface area contributed by atoms with Crippen molar-refractivity contribution < 1.29 is 9.84 Å². The number of aromatic amines is 1. The van der Waals surface area contributed by atoms with Crippen LogP contribution in [0, 0.1) is 0 Å².